The van der Waals surface area contributed by atoms with Gasteiger partial charge in [-0.15, -0.1) is 5.10 Å². The Morgan fingerprint density at radius 1 is 1.29 bits per heavy atom. The number of ether oxygens (including phenoxy) is 2. The van der Waals surface area contributed by atoms with E-state index in [1.54, 1.807) is 23.1 Å². The Morgan fingerprint density at radius 3 is 2.88 bits per heavy atom. The molecule has 3 rings (SSSR count). The molecule has 24 heavy (non-hydrogen) atoms. The van der Waals surface area contributed by atoms with Crippen molar-refractivity contribution < 1.29 is 18.7 Å². The SMILES string of the molecule is Cc1ccc(O[C@@H]2CCN(C(=O)COc3ccccc3F)C2)nn1. The van der Waals surface area contributed by atoms with Crippen LogP contribution in [-0.2, 0) is 4.79 Å². The predicted molar refractivity (Wildman–Crippen MR) is 84.3 cm³/mol. The lowest BCUT2D eigenvalue weighted by Gasteiger charge is -2.17. The fourth-order valence-electron chi connectivity index (χ4n) is 2.46. The van der Waals surface area contributed by atoms with Crippen LogP contribution >= 0.6 is 0 Å². The summed E-state index contributed by atoms with van der Waals surface area (Å²) in [5, 5.41) is 7.89. The third-order valence-corrected chi connectivity index (χ3v) is 3.75. The highest BCUT2D eigenvalue weighted by molar-refractivity contribution is 5.78. The third-order valence-electron chi connectivity index (χ3n) is 3.75. The average molecular weight is 331 g/mol. The molecule has 1 aromatic carbocycles. The standard InChI is InChI=1S/C17H18FN3O3/c1-12-6-7-16(20-19-12)24-13-8-9-21(10-13)17(22)11-23-15-5-3-2-4-14(15)18/h2-7,13H,8-11H2,1H3/t13-/m1/s1. The summed E-state index contributed by atoms with van der Waals surface area (Å²) in [6.45, 7) is 2.68. The molecule has 0 radical (unpaired) electrons. The third kappa shape index (κ3) is 3.98. The molecule has 1 aromatic heterocycles. The average Bonchev–Trinajstić information content (AvgIpc) is 3.05. The number of benzene rings is 1. The Bertz CT molecular complexity index is 708. The van der Waals surface area contributed by atoms with E-state index < -0.39 is 5.82 Å². The van der Waals surface area contributed by atoms with Gasteiger partial charge in [-0.3, -0.25) is 4.79 Å². The molecule has 0 spiro atoms. The van der Waals surface area contributed by atoms with Crippen LogP contribution in [0.5, 0.6) is 11.6 Å². The quantitative estimate of drug-likeness (QED) is 0.838. The van der Waals surface area contributed by atoms with Crippen molar-refractivity contribution in [2.75, 3.05) is 19.7 Å². The van der Waals surface area contributed by atoms with Crippen LogP contribution in [0.25, 0.3) is 0 Å². The van der Waals surface area contributed by atoms with Crippen LogP contribution in [0.4, 0.5) is 4.39 Å². The summed E-state index contributed by atoms with van der Waals surface area (Å²) in [7, 11) is 0. The molecule has 7 heteroatoms. The molecule has 1 aliphatic heterocycles. The minimum absolute atomic E-state index is 0.0766. The highest BCUT2D eigenvalue weighted by Gasteiger charge is 2.28. The first-order chi connectivity index (χ1) is 11.6. The van der Waals surface area contributed by atoms with Gasteiger partial charge in [0.2, 0.25) is 5.88 Å². The van der Waals surface area contributed by atoms with E-state index in [-0.39, 0.29) is 24.4 Å². The Balaban J connectivity index is 1.49. The van der Waals surface area contributed by atoms with Gasteiger partial charge in [0.25, 0.3) is 5.91 Å². The van der Waals surface area contributed by atoms with Gasteiger partial charge in [0.05, 0.1) is 12.2 Å². The van der Waals surface area contributed by atoms with Gasteiger partial charge in [-0.2, -0.15) is 5.10 Å². The molecule has 1 atom stereocenters. The topological polar surface area (TPSA) is 64.5 Å². The lowest BCUT2D eigenvalue weighted by atomic mass is 10.3. The molecule has 1 aliphatic rings. The van der Waals surface area contributed by atoms with Gasteiger partial charge in [-0.25, -0.2) is 4.39 Å². The second-order valence-corrected chi connectivity index (χ2v) is 5.60. The zero-order valence-electron chi connectivity index (χ0n) is 13.3. The largest absolute Gasteiger partial charge is 0.481 e. The van der Waals surface area contributed by atoms with Crippen molar-refractivity contribution in [3.05, 3.63) is 47.9 Å². The second-order valence-electron chi connectivity index (χ2n) is 5.60. The molecule has 0 N–H and O–H groups in total. The predicted octanol–water partition coefficient (Wildman–Crippen LogP) is 1.98. The molecule has 0 saturated carbocycles. The normalized spacial score (nSPS) is 16.9. The molecule has 0 unspecified atom stereocenters. The molecule has 1 saturated heterocycles. The summed E-state index contributed by atoms with van der Waals surface area (Å²) in [6, 6.07) is 9.60. The van der Waals surface area contributed by atoms with E-state index in [0.717, 1.165) is 5.69 Å². The number of hydrogen-bond acceptors (Lipinski definition) is 5. The van der Waals surface area contributed by atoms with Gasteiger partial charge >= 0.3 is 0 Å². The smallest absolute Gasteiger partial charge is 0.260 e. The van der Waals surface area contributed by atoms with E-state index in [4.69, 9.17) is 9.47 Å². The summed E-state index contributed by atoms with van der Waals surface area (Å²) < 4.78 is 24.4. The van der Waals surface area contributed by atoms with Crippen LogP contribution in [-0.4, -0.2) is 46.8 Å². The van der Waals surface area contributed by atoms with E-state index in [1.807, 2.05) is 13.0 Å². The molecule has 2 heterocycles. The number of aromatic nitrogens is 2. The second kappa shape index (κ2) is 7.25. The fraction of sp³-hybridized carbons (Fsp3) is 0.353. The molecule has 1 amide bonds. The minimum atomic E-state index is -0.481. The van der Waals surface area contributed by atoms with Crippen LogP contribution in [0.1, 0.15) is 12.1 Å². The Hall–Kier alpha value is -2.70. The van der Waals surface area contributed by atoms with Crippen molar-refractivity contribution >= 4 is 5.91 Å². The summed E-state index contributed by atoms with van der Waals surface area (Å²) >= 11 is 0. The van der Waals surface area contributed by atoms with E-state index in [9.17, 15) is 9.18 Å². The Morgan fingerprint density at radius 2 is 2.12 bits per heavy atom. The number of rotatable bonds is 5. The number of carbonyl (C=O) groups excluding carboxylic acids is 1. The molecule has 0 bridgehead atoms. The van der Waals surface area contributed by atoms with Gasteiger partial charge in [0.1, 0.15) is 6.10 Å². The number of amides is 1. The molecule has 0 aliphatic carbocycles. The van der Waals surface area contributed by atoms with Crippen LogP contribution in [0.3, 0.4) is 0 Å². The summed E-state index contributed by atoms with van der Waals surface area (Å²) in [5.74, 6) is -0.152. The lowest BCUT2D eigenvalue weighted by molar-refractivity contribution is -0.132. The first-order valence-electron chi connectivity index (χ1n) is 7.74. The maximum absolute atomic E-state index is 13.5. The highest BCUT2D eigenvalue weighted by Crippen LogP contribution is 2.18. The zero-order valence-corrected chi connectivity index (χ0v) is 13.3. The lowest BCUT2D eigenvalue weighted by Crippen LogP contribution is -2.34. The first-order valence-corrected chi connectivity index (χ1v) is 7.74. The van der Waals surface area contributed by atoms with Crippen molar-refractivity contribution in [3.63, 3.8) is 0 Å². The fourth-order valence-corrected chi connectivity index (χ4v) is 2.46. The number of para-hydroxylation sites is 1. The van der Waals surface area contributed by atoms with Crippen molar-refractivity contribution in [2.24, 2.45) is 0 Å². The number of likely N-dealkylation sites (tertiary alicyclic amines) is 1. The van der Waals surface area contributed by atoms with E-state index >= 15 is 0 Å². The number of halogens is 1. The molecular weight excluding hydrogens is 313 g/mol. The summed E-state index contributed by atoms with van der Waals surface area (Å²) in [4.78, 5) is 13.8. The Labute approximate surface area is 139 Å². The monoisotopic (exact) mass is 331 g/mol. The summed E-state index contributed by atoms with van der Waals surface area (Å²) in [5.41, 5.74) is 0.816. The Kier molecular flexibility index (Phi) is 4.88. The van der Waals surface area contributed by atoms with E-state index in [2.05, 4.69) is 10.2 Å². The summed E-state index contributed by atoms with van der Waals surface area (Å²) in [6.07, 6.45) is 0.584. The van der Waals surface area contributed by atoms with E-state index in [0.29, 0.717) is 25.4 Å². The maximum Gasteiger partial charge on any atom is 0.260 e. The van der Waals surface area contributed by atoms with Gasteiger partial charge in [0.15, 0.2) is 18.2 Å². The van der Waals surface area contributed by atoms with E-state index in [1.165, 1.54) is 12.1 Å². The van der Waals surface area contributed by atoms with Gasteiger partial charge < -0.3 is 14.4 Å². The number of nitrogens with zero attached hydrogens (tertiary/aromatic N) is 3. The van der Waals surface area contributed by atoms with Gasteiger partial charge in [-0.1, -0.05) is 12.1 Å². The van der Waals surface area contributed by atoms with Crippen molar-refractivity contribution in [1.29, 1.82) is 0 Å². The maximum atomic E-state index is 13.5. The number of carbonyl (C=O) groups is 1. The molecule has 126 valence electrons. The van der Waals surface area contributed by atoms with Crippen molar-refractivity contribution in [2.45, 2.75) is 19.4 Å². The van der Waals surface area contributed by atoms with Crippen LogP contribution in [0, 0.1) is 12.7 Å². The molecular formula is C17H18FN3O3. The van der Waals surface area contributed by atoms with Crippen LogP contribution in [0.15, 0.2) is 36.4 Å². The zero-order chi connectivity index (χ0) is 16.9. The number of hydrogen-bond donors (Lipinski definition) is 0. The van der Waals surface area contributed by atoms with Gasteiger partial charge in [0, 0.05) is 19.0 Å². The molecule has 1 fully saturated rings. The van der Waals surface area contributed by atoms with Crippen molar-refractivity contribution in [3.8, 4) is 11.6 Å². The highest BCUT2D eigenvalue weighted by atomic mass is 19.1. The van der Waals surface area contributed by atoms with Crippen LogP contribution in [0.2, 0.25) is 0 Å². The molecule has 6 nitrogen and oxygen atoms in total. The van der Waals surface area contributed by atoms with Crippen molar-refractivity contribution in [1.82, 2.24) is 15.1 Å². The first kappa shape index (κ1) is 16.2. The minimum Gasteiger partial charge on any atom is -0.481 e. The number of aryl methyl sites for hydroxylation is 1. The molecule has 2 aromatic rings. The van der Waals surface area contributed by atoms with Gasteiger partial charge in [-0.05, 0) is 25.1 Å². The van der Waals surface area contributed by atoms with Crippen LogP contribution < -0.4 is 9.47 Å².